The van der Waals surface area contributed by atoms with Crippen molar-refractivity contribution in [2.24, 2.45) is 5.73 Å². The zero-order chi connectivity index (χ0) is 13.7. The van der Waals surface area contributed by atoms with Crippen LogP contribution in [0.1, 0.15) is 30.9 Å². The lowest BCUT2D eigenvalue weighted by molar-refractivity contribution is 0.274. The normalized spacial score (nSPS) is 19.0. The van der Waals surface area contributed by atoms with Crippen LogP contribution in [0.2, 0.25) is 0 Å². The molecule has 19 heavy (non-hydrogen) atoms. The summed E-state index contributed by atoms with van der Waals surface area (Å²) < 4.78 is 0. The number of rotatable bonds is 4. The predicted octanol–water partition coefficient (Wildman–Crippen LogP) is 2.11. The molecule has 1 aromatic carbocycles. The van der Waals surface area contributed by atoms with Gasteiger partial charge in [0, 0.05) is 13.1 Å². The maximum Gasteiger partial charge on any atom is 0.101 e. The Bertz CT molecular complexity index is 432. The lowest BCUT2D eigenvalue weighted by atomic mass is 9.99. The Balaban J connectivity index is 1.81. The van der Waals surface area contributed by atoms with E-state index >= 15 is 0 Å². The van der Waals surface area contributed by atoms with E-state index in [1.807, 2.05) is 6.92 Å². The molecule has 0 amide bonds. The molecule has 3 heteroatoms. The fourth-order valence-corrected chi connectivity index (χ4v) is 2.66. The third kappa shape index (κ3) is 4.05. The summed E-state index contributed by atoms with van der Waals surface area (Å²) in [6.07, 6.45) is 4.03. The standard InChI is InChI=1S/C16H23N3/c1-16(18,13-17)9-4-10-19-11-7-14-5-2-3-6-15(14)8-12-19/h2-3,5-6H,4,7-12,18H2,1H3. The van der Waals surface area contributed by atoms with E-state index < -0.39 is 5.54 Å². The van der Waals surface area contributed by atoms with Crippen LogP contribution in [0.5, 0.6) is 0 Å². The van der Waals surface area contributed by atoms with Gasteiger partial charge in [0.25, 0.3) is 0 Å². The van der Waals surface area contributed by atoms with Crippen LogP contribution in [-0.2, 0) is 12.8 Å². The van der Waals surface area contributed by atoms with Crippen molar-refractivity contribution in [3.05, 3.63) is 35.4 Å². The summed E-state index contributed by atoms with van der Waals surface area (Å²) in [5.41, 5.74) is 8.16. The van der Waals surface area contributed by atoms with Gasteiger partial charge in [0.15, 0.2) is 0 Å². The van der Waals surface area contributed by atoms with Crippen LogP contribution in [0.3, 0.4) is 0 Å². The number of nitrogens with two attached hydrogens (primary N) is 1. The van der Waals surface area contributed by atoms with Gasteiger partial charge in [-0.2, -0.15) is 5.26 Å². The van der Waals surface area contributed by atoms with E-state index in [4.69, 9.17) is 11.0 Å². The minimum absolute atomic E-state index is 0.672. The van der Waals surface area contributed by atoms with Gasteiger partial charge in [0.1, 0.15) is 5.54 Å². The second-order valence-corrected chi connectivity index (χ2v) is 5.74. The zero-order valence-electron chi connectivity index (χ0n) is 11.7. The molecule has 3 nitrogen and oxygen atoms in total. The summed E-state index contributed by atoms with van der Waals surface area (Å²) in [5, 5.41) is 8.91. The quantitative estimate of drug-likeness (QED) is 0.898. The SMILES string of the molecule is CC(N)(C#N)CCCN1CCc2ccccc2CC1. The van der Waals surface area contributed by atoms with Gasteiger partial charge in [-0.15, -0.1) is 0 Å². The van der Waals surface area contributed by atoms with E-state index in [1.165, 1.54) is 11.1 Å². The van der Waals surface area contributed by atoms with Gasteiger partial charge < -0.3 is 10.6 Å². The van der Waals surface area contributed by atoms with Gasteiger partial charge in [-0.25, -0.2) is 0 Å². The molecule has 2 rings (SSSR count). The summed E-state index contributed by atoms with van der Waals surface area (Å²) in [7, 11) is 0. The third-order valence-electron chi connectivity index (χ3n) is 3.94. The summed E-state index contributed by atoms with van der Waals surface area (Å²) in [6.45, 7) is 5.09. The molecule has 2 N–H and O–H groups in total. The molecule has 102 valence electrons. The van der Waals surface area contributed by atoms with Crippen LogP contribution in [-0.4, -0.2) is 30.1 Å². The van der Waals surface area contributed by atoms with Crippen LogP contribution in [0.15, 0.2) is 24.3 Å². The van der Waals surface area contributed by atoms with E-state index in [1.54, 1.807) is 0 Å². The molecule has 1 unspecified atom stereocenters. The molecule has 1 heterocycles. The first-order chi connectivity index (χ1) is 9.11. The highest BCUT2D eigenvalue weighted by atomic mass is 15.1. The summed E-state index contributed by atoms with van der Waals surface area (Å²) >= 11 is 0. The molecule has 0 bridgehead atoms. The number of nitriles is 1. The molecule has 0 aliphatic carbocycles. The van der Waals surface area contributed by atoms with Crippen LogP contribution in [0.25, 0.3) is 0 Å². The second kappa shape index (κ2) is 6.18. The van der Waals surface area contributed by atoms with Gasteiger partial charge >= 0.3 is 0 Å². The van der Waals surface area contributed by atoms with E-state index in [2.05, 4.69) is 35.2 Å². The molecule has 1 aliphatic heterocycles. The fraction of sp³-hybridized carbons (Fsp3) is 0.562. The lowest BCUT2D eigenvalue weighted by Crippen LogP contribution is -2.36. The van der Waals surface area contributed by atoms with Gasteiger partial charge in [0.05, 0.1) is 6.07 Å². The van der Waals surface area contributed by atoms with Crippen molar-refractivity contribution in [2.45, 2.75) is 38.1 Å². The first kappa shape index (κ1) is 14.0. The maximum absolute atomic E-state index is 8.91. The Morgan fingerprint density at radius 3 is 2.37 bits per heavy atom. The molecule has 1 aromatic rings. The van der Waals surface area contributed by atoms with Crippen LogP contribution < -0.4 is 5.73 Å². The van der Waals surface area contributed by atoms with E-state index in [0.717, 1.165) is 45.3 Å². The topological polar surface area (TPSA) is 53.1 Å². The van der Waals surface area contributed by atoms with Gasteiger partial charge in [-0.3, -0.25) is 0 Å². The smallest absolute Gasteiger partial charge is 0.101 e. The first-order valence-corrected chi connectivity index (χ1v) is 7.10. The Kier molecular flexibility index (Phi) is 4.57. The van der Waals surface area contributed by atoms with Crippen LogP contribution in [0, 0.1) is 11.3 Å². The van der Waals surface area contributed by atoms with Crippen molar-refractivity contribution in [1.82, 2.24) is 4.90 Å². The van der Waals surface area contributed by atoms with E-state index in [-0.39, 0.29) is 0 Å². The monoisotopic (exact) mass is 257 g/mol. The molecule has 0 saturated carbocycles. The maximum atomic E-state index is 8.91. The van der Waals surface area contributed by atoms with E-state index in [0.29, 0.717) is 0 Å². The van der Waals surface area contributed by atoms with Gasteiger partial charge in [-0.05, 0) is 50.3 Å². The van der Waals surface area contributed by atoms with Crippen molar-refractivity contribution in [3.63, 3.8) is 0 Å². The van der Waals surface area contributed by atoms with Gasteiger partial charge in [-0.1, -0.05) is 24.3 Å². The highest BCUT2D eigenvalue weighted by molar-refractivity contribution is 5.28. The number of hydrogen-bond donors (Lipinski definition) is 1. The third-order valence-corrected chi connectivity index (χ3v) is 3.94. The molecule has 0 radical (unpaired) electrons. The van der Waals surface area contributed by atoms with Gasteiger partial charge in [0.2, 0.25) is 0 Å². The highest BCUT2D eigenvalue weighted by Crippen LogP contribution is 2.16. The minimum Gasteiger partial charge on any atom is -0.314 e. The summed E-state index contributed by atoms with van der Waals surface area (Å²) in [5.74, 6) is 0. The van der Waals surface area contributed by atoms with Crippen molar-refractivity contribution >= 4 is 0 Å². The van der Waals surface area contributed by atoms with Crippen molar-refractivity contribution in [2.75, 3.05) is 19.6 Å². The average molecular weight is 257 g/mol. The number of nitrogens with zero attached hydrogens (tertiary/aromatic N) is 2. The molecule has 1 atom stereocenters. The number of benzene rings is 1. The molecular weight excluding hydrogens is 234 g/mol. The fourth-order valence-electron chi connectivity index (χ4n) is 2.66. The Morgan fingerprint density at radius 2 is 1.84 bits per heavy atom. The Labute approximate surface area is 116 Å². The molecular formula is C16H23N3. The van der Waals surface area contributed by atoms with Crippen molar-refractivity contribution in [3.8, 4) is 6.07 Å². The van der Waals surface area contributed by atoms with Crippen molar-refractivity contribution < 1.29 is 0 Å². The molecule has 1 aliphatic rings. The largest absolute Gasteiger partial charge is 0.314 e. The predicted molar refractivity (Wildman–Crippen MR) is 77.7 cm³/mol. The number of fused-ring (bicyclic) bond motifs is 1. The zero-order valence-corrected chi connectivity index (χ0v) is 11.7. The lowest BCUT2D eigenvalue weighted by Gasteiger charge is -2.22. The van der Waals surface area contributed by atoms with Crippen LogP contribution in [0.4, 0.5) is 0 Å². The molecule has 0 fully saturated rings. The van der Waals surface area contributed by atoms with E-state index in [9.17, 15) is 0 Å². The highest BCUT2D eigenvalue weighted by Gasteiger charge is 2.18. The Morgan fingerprint density at radius 1 is 1.26 bits per heavy atom. The summed E-state index contributed by atoms with van der Waals surface area (Å²) in [6, 6.07) is 10.9. The molecule has 0 aromatic heterocycles. The second-order valence-electron chi connectivity index (χ2n) is 5.74. The molecule has 0 spiro atoms. The number of hydrogen-bond acceptors (Lipinski definition) is 3. The average Bonchev–Trinajstić information content (AvgIpc) is 2.62. The minimum atomic E-state index is -0.672. The van der Waals surface area contributed by atoms with Crippen molar-refractivity contribution in [1.29, 1.82) is 5.26 Å². The van der Waals surface area contributed by atoms with Crippen LogP contribution >= 0.6 is 0 Å². The Hall–Kier alpha value is -1.37. The summed E-state index contributed by atoms with van der Waals surface area (Å²) in [4.78, 5) is 2.49. The first-order valence-electron chi connectivity index (χ1n) is 7.10. The molecule has 0 saturated heterocycles.